The van der Waals surface area contributed by atoms with Crippen molar-refractivity contribution in [3.05, 3.63) is 63.6 Å². The van der Waals surface area contributed by atoms with Crippen LogP contribution in [-0.4, -0.2) is 17.7 Å². The van der Waals surface area contributed by atoms with Gasteiger partial charge in [0.25, 0.3) is 0 Å². The quantitative estimate of drug-likeness (QED) is 0.484. The number of fused-ring (bicyclic) bond motifs is 2. The molecule has 0 radical (unpaired) electrons. The lowest BCUT2D eigenvalue weighted by Crippen LogP contribution is -2.14. The van der Waals surface area contributed by atoms with E-state index >= 15 is 0 Å². The molecule has 5 nitrogen and oxygen atoms in total. The van der Waals surface area contributed by atoms with Gasteiger partial charge in [-0.05, 0) is 30.3 Å². The predicted molar refractivity (Wildman–Crippen MR) is 100 cm³/mol. The van der Waals surface area contributed by atoms with Gasteiger partial charge in [-0.25, -0.2) is 9.78 Å². The number of esters is 1. The molecule has 0 bridgehead atoms. The summed E-state index contributed by atoms with van der Waals surface area (Å²) in [5, 5.41) is 1.30. The van der Waals surface area contributed by atoms with Gasteiger partial charge in [0.1, 0.15) is 17.4 Å². The monoisotopic (exact) mass is 387 g/mol. The fraction of sp³-hybridized carbons (Fsp3) is 0.158. The van der Waals surface area contributed by atoms with E-state index in [1.807, 2.05) is 24.3 Å². The molecule has 0 N–H and O–H groups in total. The van der Waals surface area contributed by atoms with Crippen LogP contribution in [0.2, 0.25) is 5.02 Å². The zero-order valence-electron chi connectivity index (χ0n) is 13.6. The van der Waals surface area contributed by atoms with E-state index in [2.05, 4.69) is 4.98 Å². The van der Waals surface area contributed by atoms with E-state index in [9.17, 15) is 4.79 Å². The molecule has 0 atom stereocenters. The summed E-state index contributed by atoms with van der Waals surface area (Å²) >= 11 is 7.62. The van der Waals surface area contributed by atoms with Gasteiger partial charge in [-0.3, -0.25) is 0 Å². The molecule has 1 aliphatic rings. The molecule has 1 aliphatic heterocycles. The third-order valence-electron chi connectivity index (χ3n) is 3.79. The van der Waals surface area contributed by atoms with Crippen LogP contribution in [0.5, 0.6) is 5.75 Å². The zero-order valence-corrected chi connectivity index (χ0v) is 15.2. The second kappa shape index (κ2) is 7.45. The molecule has 2 heterocycles. The number of rotatable bonds is 4. The van der Waals surface area contributed by atoms with Crippen molar-refractivity contribution < 1.29 is 19.0 Å². The third-order valence-corrected chi connectivity index (χ3v) is 5.01. The number of hydrogen-bond donors (Lipinski definition) is 0. The largest absolute Gasteiger partial charge is 0.467 e. The average Bonchev–Trinajstić information content (AvgIpc) is 3.07. The first-order valence-electron chi connectivity index (χ1n) is 7.91. The number of benzene rings is 2. The molecule has 4 rings (SSSR count). The lowest BCUT2D eigenvalue weighted by atomic mass is 10.1. The molecular weight excluding hydrogens is 374 g/mol. The summed E-state index contributed by atoms with van der Waals surface area (Å²) in [6, 6.07) is 11.3. The Morgan fingerprint density at radius 1 is 1.35 bits per heavy atom. The second-order valence-electron chi connectivity index (χ2n) is 5.62. The number of para-hydroxylation sites is 1. The Balaban J connectivity index is 1.43. The van der Waals surface area contributed by atoms with Gasteiger partial charge in [-0.1, -0.05) is 23.7 Å². The van der Waals surface area contributed by atoms with Gasteiger partial charge in [0.15, 0.2) is 6.79 Å². The Morgan fingerprint density at radius 3 is 3.12 bits per heavy atom. The van der Waals surface area contributed by atoms with E-state index in [-0.39, 0.29) is 13.4 Å². The molecule has 0 saturated carbocycles. The Morgan fingerprint density at radius 2 is 2.23 bits per heavy atom. The molecule has 0 amide bonds. The van der Waals surface area contributed by atoms with Gasteiger partial charge in [0.2, 0.25) is 0 Å². The maximum atomic E-state index is 12.0. The van der Waals surface area contributed by atoms with E-state index < -0.39 is 5.97 Å². The second-order valence-corrected chi connectivity index (χ2v) is 7.12. The van der Waals surface area contributed by atoms with E-state index in [1.165, 1.54) is 17.4 Å². The van der Waals surface area contributed by atoms with Crippen molar-refractivity contribution in [3.63, 3.8) is 0 Å². The van der Waals surface area contributed by atoms with Gasteiger partial charge in [0.05, 0.1) is 16.8 Å². The van der Waals surface area contributed by atoms with E-state index in [1.54, 1.807) is 18.2 Å². The highest BCUT2D eigenvalue weighted by Crippen LogP contribution is 2.32. The smallest absolute Gasteiger partial charge is 0.331 e. The van der Waals surface area contributed by atoms with Crippen molar-refractivity contribution in [2.24, 2.45) is 0 Å². The summed E-state index contributed by atoms with van der Waals surface area (Å²) < 4.78 is 17.1. The SMILES string of the molecule is O=C(/C=C/c1nc2ccccc2s1)OCc1cc(Cl)cc2c1OCOC2. The molecule has 3 aromatic rings. The number of ether oxygens (including phenoxy) is 3. The van der Waals surface area contributed by atoms with E-state index in [4.69, 9.17) is 25.8 Å². The summed E-state index contributed by atoms with van der Waals surface area (Å²) in [5.41, 5.74) is 2.48. The fourth-order valence-electron chi connectivity index (χ4n) is 2.66. The first-order chi connectivity index (χ1) is 12.7. The molecule has 0 fully saturated rings. The van der Waals surface area contributed by atoms with Crippen LogP contribution in [0.4, 0.5) is 0 Å². The molecular formula is C19H14ClNO4S. The highest BCUT2D eigenvalue weighted by atomic mass is 35.5. The standard InChI is InChI=1S/C19H14ClNO4S/c20-14-7-12-9-23-11-25-19(12)13(8-14)10-24-18(22)6-5-17-21-15-3-1-2-4-16(15)26-17/h1-8H,9-11H2/b6-5+. The van der Waals surface area contributed by atoms with Crippen LogP contribution < -0.4 is 4.74 Å². The maximum Gasteiger partial charge on any atom is 0.331 e. The number of aromatic nitrogens is 1. The van der Waals surface area contributed by atoms with Crippen molar-refractivity contribution in [1.29, 1.82) is 0 Å². The van der Waals surface area contributed by atoms with Crippen molar-refractivity contribution >= 4 is 45.2 Å². The van der Waals surface area contributed by atoms with Crippen molar-refractivity contribution in [2.75, 3.05) is 6.79 Å². The lowest BCUT2D eigenvalue weighted by Gasteiger charge is -2.20. The van der Waals surface area contributed by atoms with E-state index in [0.29, 0.717) is 17.4 Å². The first kappa shape index (κ1) is 17.0. The van der Waals surface area contributed by atoms with Gasteiger partial charge in [-0.15, -0.1) is 11.3 Å². The van der Waals surface area contributed by atoms with Crippen LogP contribution in [-0.2, 0) is 27.5 Å². The average molecular weight is 388 g/mol. The Bertz CT molecular complexity index is 965. The van der Waals surface area contributed by atoms with Crippen molar-refractivity contribution in [1.82, 2.24) is 4.98 Å². The minimum atomic E-state index is -0.454. The summed E-state index contributed by atoms with van der Waals surface area (Å²) in [4.78, 5) is 16.5. The van der Waals surface area contributed by atoms with Crippen LogP contribution in [0.3, 0.4) is 0 Å². The van der Waals surface area contributed by atoms with Crippen LogP contribution in [0, 0.1) is 0 Å². The number of thiazole rings is 1. The Kier molecular flexibility index (Phi) is 4.88. The number of hydrogen-bond acceptors (Lipinski definition) is 6. The normalized spacial score (nSPS) is 13.6. The fourth-order valence-corrected chi connectivity index (χ4v) is 3.80. The number of halogens is 1. The van der Waals surface area contributed by atoms with Gasteiger partial charge < -0.3 is 14.2 Å². The highest BCUT2D eigenvalue weighted by molar-refractivity contribution is 7.19. The van der Waals surface area contributed by atoms with Crippen molar-refractivity contribution in [2.45, 2.75) is 13.2 Å². The van der Waals surface area contributed by atoms with E-state index in [0.717, 1.165) is 26.4 Å². The topological polar surface area (TPSA) is 57.7 Å². The predicted octanol–water partition coefficient (Wildman–Crippen LogP) is 4.57. The van der Waals surface area contributed by atoms with Crippen LogP contribution in [0.1, 0.15) is 16.1 Å². The van der Waals surface area contributed by atoms with Gasteiger partial charge in [-0.2, -0.15) is 0 Å². The summed E-state index contributed by atoms with van der Waals surface area (Å²) in [7, 11) is 0. The zero-order chi connectivity index (χ0) is 17.9. The highest BCUT2D eigenvalue weighted by Gasteiger charge is 2.17. The van der Waals surface area contributed by atoms with Gasteiger partial charge in [0, 0.05) is 22.2 Å². The van der Waals surface area contributed by atoms with Crippen LogP contribution in [0.25, 0.3) is 16.3 Å². The Hall–Kier alpha value is -2.41. The molecule has 0 saturated heterocycles. The molecule has 1 aromatic heterocycles. The maximum absolute atomic E-state index is 12.0. The molecule has 26 heavy (non-hydrogen) atoms. The van der Waals surface area contributed by atoms with Crippen LogP contribution >= 0.6 is 22.9 Å². The molecule has 0 unspecified atom stereocenters. The minimum Gasteiger partial charge on any atom is -0.467 e. The first-order valence-corrected chi connectivity index (χ1v) is 9.11. The molecule has 2 aromatic carbocycles. The third kappa shape index (κ3) is 3.72. The summed E-state index contributed by atoms with van der Waals surface area (Å²) in [6.45, 7) is 0.674. The molecule has 132 valence electrons. The number of carbonyl (C=O) groups excluding carboxylic acids is 1. The van der Waals surface area contributed by atoms with Gasteiger partial charge >= 0.3 is 5.97 Å². The lowest BCUT2D eigenvalue weighted by molar-refractivity contribution is -0.139. The Labute approximate surface area is 158 Å². The van der Waals surface area contributed by atoms with Crippen molar-refractivity contribution in [3.8, 4) is 5.75 Å². The summed E-state index contributed by atoms with van der Waals surface area (Å²) in [5.74, 6) is 0.216. The summed E-state index contributed by atoms with van der Waals surface area (Å²) in [6.07, 6.45) is 3.03. The number of carbonyl (C=O) groups is 1. The van der Waals surface area contributed by atoms with Crippen LogP contribution in [0.15, 0.2) is 42.5 Å². The minimum absolute atomic E-state index is 0.0753. The molecule has 0 spiro atoms. The molecule has 0 aliphatic carbocycles. The molecule has 7 heteroatoms. The number of nitrogens with zero attached hydrogens (tertiary/aromatic N) is 1.